The lowest BCUT2D eigenvalue weighted by Crippen LogP contribution is -2.06. The van der Waals surface area contributed by atoms with Gasteiger partial charge in [0, 0.05) is 28.6 Å². The van der Waals surface area contributed by atoms with Gasteiger partial charge in [-0.15, -0.1) is 0 Å². The summed E-state index contributed by atoms with van der Waals surface area (Å²) in [4.78, 5) is 12.0. The van der Waals surface area contributed by atoms with E-state index in [-0.39, 0.29) is 5.91 Å². The maximum Gasteiger partial charge on any atom is 0.250 e. The Morgan fingerprint density at radius 1 is 1.35 bits per heavy atom. The number of carbonyl (C=O) groups excluding carboxylic acids is 1. The molecule has 0 bridgehead atoms. The van der Waals surface area contributed by atoms with Crippen LogP contribution in [0.25, 0.3) is 17.3 Å². The van der Waals surface area contributed by atoms with Crippen molar-refractivity contribution in [3.63, 3.8) is 0 Å². The van der Waals surface area contributed by atoms with Crippen LogP contribution in [-0.2, 0) is 4.79 Å². The van der Waals surface area contributed by atoms with Gasteiger partial charge in [-0.05, 0) is 23.6 Å². The average molecular weight is 326 g/mol. The fourth-order valence-corrected chi connectivity index (χ4v) is 2.66. The van der Waals surface area contributed by atoms with Crippen molar-refractivity contribution in [2.75, 3.05) is 12.4 Å². The van der Waals surface area contributed by atoms with Gasteiger partial charge < -0.3 is 9.26 Å². The van der Waals surface area contributed by atoms with E-state index in [9.17, 15) is 4.79 Å². The molecule has 3 rings (SSSR count). The number of anilines is 1. The van der Waals surface area contributed by atoms with Crippen LogP contribution < -0.4 is 10.1 Å². The lowest BCUT2D eigenvalue weighted by molar-refractivity contribution is -0.112. The van der Waals surface area contributed by atoms with Crippen LogP contribution >= 0.6 is 11.3 Å². The zero-order chi connectivity index (χ0) is 16.1. The summed E-state index contributed by atoms with van der Waals surface area (Å²) >= 11 is 1.57. The van der Waals surface area contributed by atoms with E-state index in [4.69, 9.17) is 9.26 Å². The molecule has 0 aliphatic heterocycles. The molecule has 6 heteroatoms. The normalized spacial score (nSPS) is 10.8. The van der Waals surface area contributed by atoms with Gasteiger partial charge in [-0.2, -0.15) is 11.3 Å². The molecule has 2 heterocycles. The second-order valence-electron chi connectivity index (χ2n) is 4.65. The Kier molecular flexibility index (Phi) is 4.54. The van der Waals surface area contributed by atoms with E-state index in [2.05, 4.69) is 10.5 Å². The minimum atomic E-state index is -0.302. The van der Waals surface area contributed by atoms with Crippen molar-refractivity contribution in [1.82, 2.24) is 5.16 Å². The third-order valence-electron chi connectivity index (χ3n) is 3.13. The maximum absolute atomic E-state index is 12.0. The minimum Gasteiger partial charge on any atom is -0.496 e. The van der Waals surface area contributed by atoms with E-state index in [0.29, 0.717) is 17.3 Å². The summed E-state index contributed by atoms with van der Waals surface area (Å²) in [7, 11) is 1.59. The van der Waals surface area contributed by atoms with Crippen molar-refractivity contribution in [3.05, 3.63) is 58.8 Å². The highest BCUT2D eigenvalue weighted by Gasteiger charge is 2.08. The number of amides is 1. The summed E-state index contributed by atoms with van der Waals surface area (Å²) in [5.41, 5.74) is 2.47. The van der Waals surface area contributed by atoms with Gasteiger partial charge >= 0.3 is 0 Å². The Morgan fingerprint density at radius 2 is 2.22 bits per heavy atom. The smallest absolute Gasteiger partial charge is 0.250 e. The number of hydrogen-bond donors (Lipinski definition) is 1. The Labute approximate surface area is 137 Å². The van der Waals surface area contributed by atoms with E-state index in [1.54, 1.807) is 30.6 Å². The van der Waals surface area contributed by atoms with E-state index < -0.39 is 0 Å². The number of benzene rings is 1. The molecule has 0 unspecified atom stereocenters. The molecule has 116 valence electrons. The van der Waals surface area contributed by atoms with E-state index in [1.807, 2.05) is 41.1 Å². The molecule has 0 atom stereocenters. The third kappa shape index (κ3) is 3.67. The first kappa shape index (κ1) is 15.1. The van der Waals surface area contributed by atoms with Gasteiger partial charge in [-0.1, -0.05) is 23.4 Å². The van der Waals surface area contributed by atoms with Crippen molar-refractivity contribution in [2.45, 2.75) is 0 Å². The fourth-order valence-electron chi connectivity index (χ4n) is 2.01. The van der Waals surface area contributed by atoms with Crippen LogP contribution in [0.3, 0.4) is 0 Å². The number of aromatic nitrogens is 1. The van der Waals surface area contributed by atoms with Crippen LogP contribution in [0.5, 0.6) is 5.75 Å². The number of carbonyl (C=O) groups is 1. The first-order chi connectivity index (χ1) is 11.3. The van der Waals surface area contributed by atoms with Crippen LogP contribution in [0.4, 0.5) is 5.88 Å². The highest BCUT2D eigenvalue weighted by atomic mass is 32.1. The molecule has 0 fully saturated rings. The fraction of sp³-hybridized carbons (Fsp3) is 0.0588. The van der Waals surface area contributed by atoms with Crippen LogP contribution in [0.15, 0.2) is 57.8 Å². The first-order valence-corrected chi connectivity index (χ1v) is 7.82. The quantitative estimate of drug-likeness (QED) is 0.718. The monoisotopic (exact) mass is 326 g/mol. The van der Waals surface area contributed by atoms with Gasteiger partial charge in [0.2, 0.25) is 5.88 Å². The summed E-state index contributed by atoms with van der Waals surface area (Å²) in [6.07, 6.45) is 3.11. The molecule has 5 nitrogen and oxygen atoms in total. The summed E-state index contributed by atoms with van der Waals surface area (Å²) in [6.45, 7) is 0. The van der Waals surface area contributed by atoms with Crippen LogP contribution in [0.1, 0.15) is 5.56 Å². The highest BCUT2D eigenvalue weighted by Crippen LogP contribution is 2.24. The van der Waals surface area contributed by atoms with Gasteiger partial charge in [0.1, 0.15) is 11.4 Å². The highest BCUT2D eigenvalue weighted by molar-refractivity contribution is 7.08. The summed E-state index contributed by atoms with van der Waals surface area (Å²) in [5, 5.41) is 10.5. The molecule has 1 N–H and O–H groups in total. The topological polar surface area (TPSA) is 64.4 Å². The molecule has 2 aromatic heterocycles. The van der Waals surface area contributed by atoms with Crippen molar-refractivity contribution in [2.24, 2.45) is 0 Å². The molecule has 1 aromatic carbocycles. The Hall–Kier alpha value is -2.86. The number of methoxy groups -OCH3 is 1. The average Bonchev–Trinajstić information content (AvgIpc) is 3.24. The molecule has 0 radical (unpaired) electrons. The molecule has 1 amide bonds. The van der Waals surface area contributed by atoms with E-state index in [1.165, 1.54) is 6.08 Å². The molecule has 0 aliphatic rings. The van der Waals surface area contributed by atoms with Gasteiger partial charge in [0.15, 0.2) is 0 Å². The summed E-state index contributed by atoms with van der Waals surface area (Å²) in [5.74, 6) is 0.709. The summed E-state index contributed by atoms with van der Waals surface area (Å²) < 4.78 is 10.4. The predicted octanol–water partition coefficient (Wildman–Crippen LogP) is 4.06. The molecule has 23 heavy (non-hydrogen) atoms. The van der Waals surface area contributed by atoms with Gasteiger partial charge in [-0.3, -0.25) is 10.1 Å². The number of para-hydroxylation sites is 1. The Morgan fingerprint density at radius 3 is 3.00 bits per heavy atom. The molecule has 3 aromatic rings. The number of nitrogens with one attached hydrogen (secondary N) is 1. The maximum atomic E-state index is 12.0. The Bertz CT molecular complexity index is 822. The third-order valence-corrected chi connectivity index (χ3v) is 3.81. The molecule has 0 saturated carbocycles. The molecule has 0 aliphatic carbocycles. The number of thiophene rings is 1. The first-order valence-electron chi connectivity index (χ1n) is 6.87. The van der Waals surface area contributed by atoms with Gasteiger partial charge in [0.25, 0.3) is 5.91 Å². The van der Waals surface area contributed by atoms with Gasteiger partial charge in [0.05, 0.1) is 7.11 Å². The largest absolute Gasteiger partial charge is 0.496 e. The standard InChI is InChI=1S/C17H14N2O3S/c1-21-15-5-3-2-4-12(15)6-7-16(20)18-17-10-14(19-22-17)13-8-9-23-11-13/h2-11H,1H3,(H,18,20)/b7-6+. The van der Waals surface area contributed by atoms with Crippen LogP contribution in [-0.4, -0.2) is 18.2 Å². The zero-order valence-electron chi connectivity index (χ0n) is 12.4. The number of nitrogens with zero attached hydrogens (tertiary/aromatic N) is 1. The van der Waals surface area contributed by atoms with E-state index in [0.717, 1.165) is 11.1 Å². The second-order valence-corrected chi connectivity index (χ2v) is 5.43. The van der Waals surface area contributed by atoms with Crippen molar-refractivity contribution in [1.29, 1.82) is 0 Å². The van der Waals surface area contributed by atoms with Crippen LogP contribution in [0.2, 0.25) is 0 Å². The lowest BCUT2D eigenvalue weighted by Gasteiger charge is -2.03. The zero-order valence-corrected chi connectivity index (χ0v) is 13.2. The number of rotatable bonds is 5. The van der Waals surface area contributed by atoms with Gasteiger partial charge in [-0.25, -0.2) is 0 Å². The summed E-state index contributed by atoms with van der Waals surface area (Å²) in [6, 6.07) is 11.1. The lowest BCUT2D eigenvalue weighted by atomic mass is 10.2. The predicted molar refractivity (Wildman–Crippen MR) is 90.5 cm³/mol. The second kappa shape index (κ2) is 6.93. The van der Waals surface area contributed by atoms with Crippen molar-refractivity contribution < 1.29 is 14.1 Å². The van der Waals surface area contributed by atoms with Crippen LogP contribution in [0, 0.1) is 0 Å². The SMILES string of the molecule is COc1ccccc1/C=C/C(=O)Nc1cc(-c2ccsc2)no1. The number of ether oxygens (including phenoxy) is 1. The minimum absolute atomic E-state index is 0.302. The number of hydrogen-bond acceptors (Lipinski definition) is 5. The molecular weight excluding hydrogens is 312 g/mol. The molecule has 0 saturated heterocycles. The van der Waals surface area contributed by atoms with E-state index >= 15 is 0 Å². The van der Waals surface area contributed by atoms with Crippen molar-refractivity contribution in [3.8, 4) is 17.0 Å². The molecule has 0 spiro atoms. The Balaban J connectivity index is 1.67. The molecular formula is C17H14N2O3S. The van der Waals surface area contributed by atoms with Crippen molar-refractivity contribution >= 4 is 29.2 Å².